The Kier molecular flexibility index (Phi) is 8.04. The van der Waals surface area contributed by atoms with Gasteiger partial charge in [0.15, 0.2) is 5.12 Å². The van der Waals surface area contributed by atoms with Crippen molar-refractivity contribution in [2.75, 3.05) is 12.8 Å². The predicted molar refractivity (Wildman–Crippen MR) is 61.9 cm³/mol. The van der Waals surface area contributed by atoms with Crippen molar-refractivity contribution in [3.05, 3.63) is 0 Å². The summed E-state index contributed by atoms with van der Waals surface area (Å²) in [5, 5.41) is 0.734. The van der Waals surface area contributed by atoms with Gasteiger partial charge in [0, 0.05) is 32.6 Å². The molecule has 0 aromatic heterocycles. The molecule has 96 valence electrons. The van der Waals surface area contributed by atoms with E-state index in [0.29, 0.717) is 12.0 Å². The van der Waals surface area contributed by atoms with Crippen LogP contribution in [0.25, 0.3) is 0 Å². The Morgan fingerprint density at radius 1 is 1.29 bits per heavy atom. The summed E-state index contributed by atoms with van der Waals surface area (Å²) >= 11 is 1.02. The number of nitrogens with zero attached hydrogens (tertiary/aromatic N) is 1. The van der Waals surface area contributed by atoms with Gasteiger partial charge in [0.25, 0.3) is 5.91 Å². The predicted octanol–water partition coefficient (Wildman–Crippen LogP) is 0.552. The summed E-state index contributed by atoms with van der Waals surface area (Å²) in [6.45, 7) is 1.41. The lowest BCUT2D eigenvalue weighted by atomic mass is 10.3. The SMILES string of the molecule is CC(=O)SCCC(=O)ON(C)C(=O)CCC=O. The minimum Gasteiger partial charge on any atom is -0.338 e. The zero-order valence-electron chi connectivity index (χ0n) is 9.80. The summed E-state index contributed by atoms with van der Waals surface area (Å²) in [6.07, 6.45) is 0.781. The number of hydrogen-bond acceptors (Lipinski definition) is 6. The van der Waals surface area contributed by atoms with Crippen molar-refractivity contribution >= 4 is 35.0 Å². The maximum atomic E-state index is 11.2. The summed E-state index contributed by atoms with van der Waals surface area (Å²) in [6, 6.07) is 0. The molecule has 0 aliphatic heterocycles. The molecule has 0 aromatic carbocycles. The van der Waals surface area contributed by atoms with Gasteiger partial charge in [-0.2, -0.15) is 5.06 Å². The third-order valence-corrected chi connectivity index (χ3v) is 2.49. The largest absolute Gasteiger partial charge is 0.338 e. The van der Waals surface area contributed by atoms with Crippen molar-refractivity contribution in [1.29, 1.82) is 0 Å². The fraction of sp³-hybridized carbons (Fsp3) is 0.600. The number of thioether (sulfide) groups is 1. The Morgan fingerprint density at radius 2 is 1.94 bits per heavy atom. The lowest BCUT2D eigenvalue weighted by molar-refractivity contribution is -0.192. The van der Waals surface area contributed by atoms with Crippen LogP contribution in [-0.4, -0.2) is 41.1 Å². The maximum absolute atomic E-state index is 11.2. The van der Waals surface area contributed by atoms with Crippen LogP contribution in [0.3, 0.4) is 0 Å². The maximum Gasteiger partial charge on any atom is 0.333 e. The highest BCUT2D eigenvalue weighted by atomic mass is 32.2. The molecule has 0 fully saturated rings. The van der Waals surface area contributed by atoms with Crippen molar-refractivity contribution in [3.63, 3.8) is 0 Å². The Balaban J connectivity index is 3.82. The van der Waals surface area contributed by atoms with E-state index in [1.54, 1.807) is 0 Å². The zero-order chi connectivity index (χ0) is 13.3. The first-order chi connectivity index (χ1) is 7.97. The molecule has 0 spiro atoms. The number of carbonyl (C=O) groups is 4. The van der Waals surface area contributed by atoms with Crippen LogP contribution in [0.15, 0.2) is 0 Å². The quantitative estimate of drug-likeness (QED) is 0.513. The molecular formula is C10H15NO5S. The molecule has 0 aromatic rings. The Hall–Kier alpha value is -1.37. The molecule has 0 saturated heterocycles. The smallest absolute Gasteiger partial charge is 0.333 e. The van der Waals surface area contributed by atoms with E-state index in [9.17, 15) is 19.2 Å². The number of hydroxylamine groups is 2. The summed E-state index contributed by atoms with van der Waals surface area (Å²) in [7, 11) is 1.31. The van der Waals surface area contributed by atoms with Gasteiger partial charge in [-0.05, 0) is 0 Å². The molecule has 17 heavy (non-hydrogen) atoms. The second-order valence-electron chi connectivity index (χ2n) is 3.15. The highest BCUT2D eigenvalue weighted by Crippen LogP contribution is 2.05. The van der Waals surface area contributed by atoms with Gasteiger partial charge in [-0.1, -0.05) is 11.8 Å². The van der Waals surface area contributed by atoms with E-state index in [0.717, 1.165) is 16.8 Å². The van der Waals surface area contributed by atoms with E-state index in [1.165, 1.54) is 14.0 Å². The van der Waals surface area contributed by atoms with E-state index >= 15 is 0 Å². The molecule has 0 bridgehead atoms. The number of rotatable bonds is 6. The van der Waals surface area contributed by atoms with Crippen molar-refractivity contribution in [2.45, 2.75) is 26.2 Å². The molecule has 0 N–H and O–H groups in total. The number of amides is 1. The average Bonchev–Trinajstić information content (AvgIpc) is 2.25. The minimum absolute atomic E-state index is 0.00940. The number of carbonyl (C=O) groups excluding carboxylic acids is 4. The van der Waals surface area contributed by atoms with Crippen LogP contribution >= 0.6 is 11.8 Å². The second-order valence-corrected chi connectivity index (χ2v) is 4.42. The number of hydrogen-bond donors (Lipinski definition) is 0. The fourth-order valence-corrected chi connectivity index (χ4v) is 1.42. The van der Waals surface area contributed by atoms with Gasteiger partial charge in [-0.15, -0.1) is 0 Å². The van der Waals surface area contributed by atoms with Crippen LogP contribution in [0.5, 0.6) is 0 Å². The van der Waals surface area contributed by atoms with Gasteiger partial charge in [-0.25, -0.2) is 4.79 Å². The normalized spacial score (nSPS) is 9.53. The lowest BCUT2D eigenvalue weighted by Gasteiger charge is -2.15. The first kappa shape index (κ1) is 15.6. The van der Waals surface area contributed by atoms with Gasteiger partial charge in [0.1, 0.15) is 6.29 Å². The van der Waals surface area contributed by atoms with Crippen molar-refractivity contribution < 1.29 is 24.0 Å². The van der Waals surface area contributed by atoms with Gasteiger partial charge >= 0.3 is 5.97 Å². The Labute approximate surface area is 104 Å². The first-order valence-corrected chi connectivity index (χ1v) is 6.00. The van der Waals surface area contributed by atoms with Gasteiger partial charge < -0.3 is 9.63 Å². The Bertz CT molecular complexity index is 305. The molecular weight excluding hydrogens is 246 g/mol. The molecule has 0 radical (unpaired) electrons. The fourth-order valence-electron chi connectivity index (χ4n) is 0.867. The van der Waals surface area contributed by atoms with Crippen LogP contribution in [-0.2, 0) is 24.0 Å². The number of aldehydes is 1. The van der Waals surface area contributed by atoms with Crippen molar-refractivity contribution in [1.82, 2.24) is 5.06 Å². The van der Waals surface area contributed by atoms with E-state index in [1.807, 2.05) is 0 Å². The minimum atomic E-state index is -0.583. The first-order valence-electron chi connectivity index (χ1n) is 5.01. The van der Waals surface area contributed by atoms with E-state index < -0.39 is 11.9 Å². The second kappa shape index (κ2) is 8.74. The van der Waals surface area contributed by atoms with Crippen LogP contribution in [0.4, 0.5) is 0 Å². The zero-order valence-corrected chi connectivity index (χ0v) is 10.6. The van der Waals surface area contributed by atoms with Crippen LogP contribution < -0.4 is 0 Å². The summed E-state index contributed by atoms with van der Waals surface area (Å²) in [4.78, 5) is 47.8. The third-order valence-electron chi connectivity index (χ3n) is 1.68. The van der Waals surface area contributed by atoms with Crippen molar-refractivity contribution in [3.8, 4) is 0 Å². The molecule has 0 rings (SSSR count). The molecule has 0 saturated carbocycles. The van der Waals surface area contributed by atoms with Gasteiger partial charge in [0.05, 0.1) is 6.42 Å². The van der Waals surface area contributed by atoms with E-state index in [2.05, 4.69) is 0 Å². The highest BCUT2D eigenvalue weighted by Gasteiger charge is 2.13. The third kappa shape index (κ3) is 8.44. The Morgan fingerprint density at radius 3 is 2.47 bits per heavy atom. The van der Waals surface area contributed by atoms with Crippen LogP contribution in [0, 0.1) is 0 Å². The molecule has 0 unspecified atom stereocenters. The monoisotopic (exact) mass is 261 g/mol. The topological polar surface area (TPSA) is 80.8 Å². The molecule has 0 atom stereocenters. The van der Waals surface area contributed by atoms with E-state index in [-0.39, 0.29) is 24.4 Å². The molecule has 0 aliphatic carbocycles. The highest BCUT2D eigenvalue weighted by molar-refractivity contribution is 8.13. The van der Waals surface area contributed by atoms with Gasteiger partial charge in [-0.3, -0.25) is 9.59 Å². The molecule has 1 amide bonds. The lowest BCUT2D eigenvalue weighted by Crippen LogP contribution is -2.29. The van der Waals surface area contributed by atoms with Crippen molar-refractivity contribution in [2.24, 2.45) is 0 Å². The van der Waals surface area contributed by atoms with Crippen LogP contribution in [0.1, 0.15) is 26.2 Å². The summed E-state index contributed by atoms with van der Waals surface area (Å²) < 4.78 is 0. The molecule has 7 heteroatoms. The van der Waals surface area contributed by atoms with E-state index in [4.69, 9.17) is 4.84 Å². The standard InChI is InChI=1S/C10H15NO5S/c1-8(13)17-7-5-10(15)16-11(2)9(14)4-3-6-12/h6H,3-5,7H2,1-2H3. The average molecular weight is 261 g/mol. The molecule has 0 heterocycles. The summed E-state index contributed by atoms with van der Waals surface area (Å²) in [5.74, 6) is -0.699. The molecule has 0 aliphatic rings. The van der Waals surface area contributed by atoms with Crippen LogP contribution in [0.2, 0.25) is 0 Å². The van der Waals surface area contributed by atoms with Gasteiger partial charge in [0.2, 0.25) is 0 Å². The summed E-state index contributed by atoms with van der Waals surface area (Å²) in [5.41, 5.74) is 0. The molecule has 6 nitrogen and oxygen atoms in total.